The molecule has 0 radical (unpaired) electrons. The van der Waals surface area contributed by atoms with E-state index >= 15 is 0 Å². The number of aryl methyl sites for hydroxylation is 1. The van der Waals surface area contributed by atoms with Crippen molar-refractivity contribution >= 4 is 17.3 Å². The molecule has 0 fully saturated rings. The number of hydrogen-bond acceptors (Lipinski definition) is 6. The minimum Gasteiger partial charge on any atom is -0.465 e. The van der Waals surface area contributed by atoms with Crippen LogP contribution in [-0.2, 0) is 11.3 Å². The van der Waals surface area contributed by atoms with Gasteiger partial charge in [-0.05, 0) is 36.1 Å². The van der Waals surface area contributed by atoms with E-state index in [1.54, 1.807) is 12.1 Å². The number of esters is 1. The molecular formula is C17H14N4O2S. The third kappa shape index (κ3) is 2.92. The monoisotopic (exact) mass is 338 g/mol. The highest BCUT2D eigenvalue weighted by atomic mass is 32.1. The molecule has 0 saturated heterocycles. The number of carbonyl (C=O) groups excluding carboxylic acids is 1. The molecule has 7 heteroatoms. The van der Waals surface area contributed by atoms with Crippen molar-refractivity contribution in [1.82, 2.24) is 14.8 Å². The van der Waals surface area contributed by atoms with Crippen LogP contribution in [0.1, 0.15) is 26.6 Å². The summed E-state index contributed by atoms with van der Waals surface area (Å²) in [4.78, 5) is 12.4. The van der Waals surface area contributed by atoms with Gasteiger partial charge in [0.25, 0.3) is 0 Å². The van der Waals surface area contributed by atoms with E-state index in [2.05, 4.69) is 16.3 Å². The number of aromatic nitrogens is 3. The average Bonchev–Trinajstić information content (AvgIpc) is 3.22. The molecule has 0 atom stereocenters. The number of methoxy groups -OCH3 is 1. The molecule has 0 aliphatic rings. The first-order valence-electron chi connectivity index (χ1n) is 7.19. The molecule has 0 bridgehead atoms. The van der Waals surface area contributed by atoms with Gasteiger partial charge in [-0.15, -0.1) is 21.5 Å². The standard InChI is InChI=1S/C17H14N4O2S/c1-11-19-20-16(13-5-3-4-12(8-13)9-18)21(11)10-14-6-7-24-15(14)17(22)23-2/h3-8H,10H2,1-2H3. The van der Waals surface area contributed by atoms with Gasteiger partial charge in [0.15, 0.2) is 5.82 Å². The second-order valence-corrected chi connectivity index (χ2v) is 6.03. The summed E-state index contributed by atoms with van der Waals surface area (Å²) in [5.74, 6) is 1.04. The zero-order valence-corrected chi connectivity index (χ0v) is 14.0. The molecule has 2 aromatic heterocycles. The van der Waals surface area contributed by atoms with Crippen LogP contribution in [0.4, 0.5) is 0 Å². The molecule has 0 saturated carbocycles. The third-order valence-electron chi connectivity index (χ3n) is 3.63. The van der Waals surface area contributed by atoms with E-state index < -0.39 is 0 Å². The minimum atomic E-state index is -0.348. The first-order chi connectivity index (χ1) is 11.6. The fourth-order valence-electron chi connectivity index (χ4n) is 2.41. The fourth-order valence-corrected chi connectivity index (χ4v) is 3.25. The van der Waals surface area contributed by atoms with Gasteiger partial charge in [0.1, 0.15) is 10.7 Å². The van der Waals surface area contributed by atoms with Gasteiger partial charge in [0.05, 0.1) is 25.3 Å². The molecule has 0 aliphatic heterocycles. The van der Waals surface area contributed by atoms with Crippen molar-refractivity contribution in [2.24, 2.45) is 0 Å². The summed E-state index contributed by atoms with van der Waals surface area (Å²) < 4.78 is 6.75. The van der Waals surface area contributed by atoms with E-state index in [0.29, 0.717) is 22.8 Å². The number of nitriles is 1. The Morgan fingerprint density at radius 1 is 1.38 bits per heavy atom. The van der Waals surface area contributed by atoms with Gasteiger partial charge < -0.3 is 9.30 Å². The summed E-state index contributed by atoms with van der Waals surface area (Å²) in [6.45, 7) is 2.31. The second kappa shape index (κ2) is 6.64. The van der Waals surface area contributed by atoms with Gasteiger partial charge in [-0.3, -0.25) is 0 Å². The van der Waals surface area contributed by atoms with Gasteiger partial charge in [0, 0.05) is 5.56 Å². The van der Waals surface area contributed by atoms with E-state index in [4.69, 9.17) is 10.00 Å². The fraction of sp³-hybridized carbons (Fsp3) is 0.176. The Bertz CT molecular complexity index is 936. The maximum Gasteiger partial charge on any atom is 0.348 e. The average molecular weight is 338 g/mol. The third-order valence-corrected chi connectivity index (χ3v) is 4.57. The molecule has 2 heterocycles. The van der Waals surface area contributed by atoms with Crippen LogP contribution >= 0.6 is 11.3 Å². The molecule has 3 rings (SSSR count). The molecule has 0 amide bonds. The maximum atomic E-state index is 11.9. The van der Waals surface area contributed by atoms with Gasteiger partial charge in [-0.2, -0.15) is 5.26 Å². The number of ether oxygens (including phenoxy) is 1. The molecule has 24 heavy (non-hydrogen) atoms. The molecule has 6 nitrogen and oxygen atoms in total. The smallest absolute Gasteiger partial charge is 0.348 e. The van der Waals surface area contributed by atoms with Crippen molar-refractivity contribution in [3.8, 4) is 17.5 Å². The van der Waals surface area contributed by atoms with Crippen molar-refractivity contribution in [2.45, 2.75) is 13.5 Å². The number of carbonyl (C=O) groups is 1. The Morgan fingerprint density at radius 3 is 2.96 bits per heavy atom. The molecule has 3 aromatic rings. The number of hydrogen-bond donors (Lipinski definition) is 0. The topological polar surface area (TPSA) is 80.8 Å². The van der Waals surface area contributed by atoms with E-state index in [1.165, 1.54) is 18.4 Å². The summed E-state index contributed by atoms with van der Waals surface area (Å²) in [5, 5.41) is 19.3. The largest absolute Gasteiger partial charge is 0.465 e. The lowest BCUT2D eigenvalue weighted by Crippen LogP contribution is -2.08. The Labute approximate surface area is 143 Å². The van der Waals surface area contributed by atoms with Gasteiger partial charge >= 0.3 is 5.97 Å². The number of benzene rings is 1. The summed E-state index contributed by atoms with van der Waals surface area (Å²) in [5.41, 5.74) is 2.22. The molecule has 120 valence electrons. The van der Waals surface area contributed by atoms with Crippen LogP contribution in [-0.4, -0.2) is 27.8 Å². The number of nitrogens with zero attached hydrogens (tertiary/aromatic N) is 4. The summed E-state index contributed by atoms with van der Waals surface area (Å²) in [7, 11) is 1.37. The summed E-state index contributed by atoms with van der Waals surface area (Å²) in [6, 6.07) is 11.2. The first kappa shape index (κ1) is 15.9. The lowest BCUT2D eigenvalue weighted by atomic mass is 10.1. The molecule has 0 spiro atoms. The second-order valence-electron chi connectivity index (χ2n) is 5.12. The summed E-state index contributed by atoms with van der Waals surface area (Å²) >= 11 is 1.35. The highest BCUT2D eigenvalue weighted by Gasteiger charge is 2.17. The Balaban J connectivity index is 2.01. The van der Waals surface area contributed by atoms with Gasteiger partial charge in [-0.25, -0.2) is 4.79 Å². The highest BCUT2D eigenvalue weighted by molar-refractivity contribution is 7.12. The SMILES string of the molecule is COC(=O)c1sccc1Cn1c(C)nnc1-c1cccc(C#N)c1. The van der Waals surface area contributed by atoms with Crippen LogP contribution in [0, 0.1) is 18.3 Å². The van der Waals surface area contributed by atoms with Crippen molar-refractivity contribution < 1.29 is 9.53 Å². The highest BCUT2D eigenvalue weighted by Crippen LogP contribution is 2.24. The maximum absolute atomic E-state index is 11.9. The first-order valence-corrected chi connectivity index (χ1v) is 8.07. The Hall–Kier alpha value is -2.98. The summed E-state index contributed by atoms with van der Waals surface area (Å²) in [6.07, 6.45) is 0. The molecule has 1 aromatic carbocycles. The molecule has 0 aliphatic carbocycles. The van der Waals surface area contributed by atoms with Crippen molar-refractivity contribution in [3.05, 3.63) is 57.5 Å². The van der Waals surface area contributed by atoms with Crippen molar-refractivity contribution in [2.75, 3.05) is 7.11 Å². The zero-order chi connectivity index (χ0) is 17.1. The van der Waals surface area contributed by atoms with Crippen LogP contribution in [0.2, 0.25) is 0 Å². The van der Waals surface area contributed by atoms with E-state index in [-0.39, 0.29) is 5.97 Å². The van der Waals surface area contributed by atoms with Crippen LogP contribution in [0.5, 0.6) is 0 Å². The van der Waals surface area contributed by atoms with E-state index in [9.17, 15) is 4.79 Å². The van der Waals surface area contributed by atoms with E-state index in [1.807, 2.05) is 35.1 Å². The zero-order valence-electron chi connectivity index (χ0n) is 13.2. The lowest BCUT2D eigenvalue weighted by molar-refractivity contribution is 0.0605. The molecule has 0 N–H and O–H groups in total. The Kier molecular flexibility index (Phi) is 4.40. The predicted molar refractivity (Wildman–Crippen MR) is 89.7 cm³/mol. The number of thiophene rings is 1. The molecule has 0 unspecified atom stereocenters. The van der Waals surface area contributed by atoms with Crippen molar-refractivity contribution in [1.29, 1.82) is 5.26 Å². The van der Waals surface area contributed by atoms with Crippen molar-refractivity contribution in [3.63, 3.8) is 0 Å². The number of rotatable bonds is 4. The van der Waals surface area contributed by atoms with E-state index in [0.717, 1.165) is 17.0 Å². The lowest BCUT2D eigenvalue weighted by Gasteiger charge is -2.09. The quantitative estimate of drug-likeness (QED) is 0.683. The van der Waals surface area contributed by atoms with Crippen LogP contribution in [0.3, 0.4) is 0 Å². The van der Waals surface area contributed by atoms with Gasteiger partial charge in [0.2, 0.25) is 0 Å². The van der Waals surface area contributed by atoms with Crippen LogP contribution in [0.15, 0.2) is 35.7 Å². The minimum absolute atomic E-state index is 0.348. The van der Waals surface area contributed by atoms with Gasteiger partial charge in [-0.1, -0.05) is 12.1 Å². The molecular weight excluding hydrogens is 324 g/mol. The Morgan fingerprint density at radius 2 is 2.21 bits per heavy atom. The van der Waals surface area contributed by atoms with Crippen LogP contribution < -0.4 is 0 Å². The van der Waals surface area contributed by atoms with Crippen LogP contribution in [0.25, 0.3) is 11.4 Å². The predicted octanol–water partition coefficient (Wildman–Crippen LogP) is 3.02. The normalized spacial score (nSPS) is 10.4.